The Hall–Kier alpha value is -3.18. The molecule has 7 nitrogen and oxygen atoms in total. The minimum atomic E-state index is -4.51. The normalized spacial score (nSPS) is 12.5. The summed E-state index contributed by atoms with van der Waals surface area (Å²) in [6.45, 7) is 3.15. The summed E-state index contributed by atoms with van der Waals surface area (Å²) in [6.07, 6.45) is -0.877. The van der Waals surface area contributed by atoms with Crippen LogP contribution < -0.4 is 5.56 Å². The number of hydrogen-bond donors (Lipinski definition) is 1. The lowest BCUT2D eigenvalue weighted by Crippen LogP contribution is -2.33. The van der Waals surface area contributed by atoms with Gasteiger partial charge in [0.1, 0.15) is 5.52 Å². The van der Waals surface area contributed by atoms with E-state index in [1.54, 1.807) is 25.4 Å². The van der Waals surface area contributed by atoms with Gasteiger partial charge in [0.15, 0.2) is 0 Å². The van der Waals surface area contributed by atoms with Crippen LogP contribution in [0.5, 0.6) is 0 Å². The first-order valence-electron chi connectivity index (χ1n) is 9.09. The number of hydrogen-bond acceptors (Lipinski definition) is 7. The van der Waals surface area contributed by atoms with Crippen LogP contribution in [0.2, 0.25) is 0 Å². The van der Waals surface area contributed by atoms with Gasteiger partial charge in [-0.3, -0.25) is 14.3 Å². The Morgan fingerprint density at radius 2 is 1.90 bits per heavy atom. The molecule has 4 aromatic heterocycles. The van der Waals surface area contributed by atoms with Crippen molar-refractivity contribution in [3.63, 3.8) is 0 Å². The fraction of sp³-hybridized carbons (Fsp3) is 0.250. The zero-order chi connectivity index (χ0) is 22.4. The average Bonchev–Trinajstić information content (AvgIpc) is 3.23. The minimum Gasteiger partial charge on any atom is -0.389 e. The van der Waals surface area contributed by atoms with E-state index >= 15 is 0 Å². The highest BCUT2D eigenvalue weighted by Crippen LogP contribution is 2.31. The average molecular weight is 447 g/mol. The molecule has 0 fully saturated rings. The second kappa shape index (κ2) is 7.50. The Morgan fingerprint density at radius 3 is 2.48 bits per heavy atom. The van der Waals surface area contributed by atoms with Crippen LogP contribution in [0.15, 0.2) is 47.1 Å². The molecule has 0 atom stereocenters. The lowest BCUT2D eigenvalue weighted by molar-refractivity contribution is -0.137. The molecule has 11 heteroatoms. The van der Waals surface area contributed by atoms with Gasteiger partial charge in [0.2, 0.25) is 0 Å². The van der Waals surface area contributed by atoms with E-state index in [0.29, 0.717) is 16.8 Å². The number of aliphatic hydroxyl groups is 1. The molecular formula is C20H16F3N5O2S. The number of nitrogens with zero attached hydrogens (tertiary/aromatic N) is 5. The van der Waals surface area contributed by atoms with E-state index in [-0.39, 0.29) is 23.3 Å². The molecule has 160 valence electrons. The zero-order valence-electron chi connectivity index (χ0n) is 16.4. The van der Waals surface area contributed by atoms with Gasteiger partial charge in [-0.15, -0.1) is 0 Å². The highest BCUT2D eigenvalue weighted by Gasteiger charge is 2.30. The van der Waals surface area contributed by atoms with Crippen LogP contribution in [0, 0.1) is 0 Å². The van der Waals surface area contributed by atoms with E-state index < -0.39 is 22.9 Å². The molecule has 4 rings (SSSR count). The first-order valence-corrected chi connectivity index (χ1v) is 9.92. The molecule has 0 aromatic carbocycles. The molecule has 0 radical (unpaired) electrons. The molecule has 4 heterocycles. The fourth-order valence-electron chi connectivity index (χ4n) is 3.06. The van der Waals surface area contributed by atoms with Gasteiger partial charge in [0.05, 0.1) is 52.7 Å². The Morgan fingerprint density at radius 1 is 1.13 bits per heavy atom. The van der Waals surface area contributed by atoms with Gasteiger partial charge < -0.3 is 5.11 Å². The van der Waals surface area contributed by atoms with Crippen molar-refractivity contribution in [2.75, 3.05) is 0 Å². The molecule has 0 bridgehead atoms. The predicted molar refractivity (Wildman–Crippen MR) is 109 cm³/mol. The van der Waals surface area contributed by atoms with Gasteiger partial charge in [-0.25, -0.2) is 14.3 Å². The molecule has 1 N–H and O–H groups in total. The largest absolute Gasteiger partial charge is 0.417 e. The molecule has 0 amide bonds. The Labute approximate surface area is 178 Å². The number of aromatic nitrogens is 5. The van der Waals surface area contributed by atoms with E-state index in [1.807, 2.05) is 0 Å². The third-order valence-corrected chi connectivity index (χ3v) is 5.01. The summed E-state index contributed by atoms with van der Waals surface area (Å²) in [7, 11) is 0. The number of pyridine rings is 2. The monoisotopic (exact) mass is 447 g/mol. The highest BCUT2D eigenvalue weighted by molar-refractivity contribution is 7.03. The summed E-state index contributed by atoms with van der Waals surface area (Å²) in [5.74, 6) is 0. The van der Waals surface area contributed by atoms with Crippen LogP contribution in [0.1, 0.15) is 19.4 Å². The third kappa shape index (κ3) is 4.32. The number of rotatable bonds is 4. The van der Waals surface area contributed by atoms with Gasteiger partial charge in [0, 0.05) is 17.1 Å². The lowest BCUT2D eigenvalue weighted by atomic mass is 10.1. The van der Waals surface area contributed by atoms with Crippen molar-refractivity contribution >= 4 is 22.4 Å². The van der Waals surface area contributed by atoms with Crippen LogP contribution in [-0.2, 0) is 12.7 Å². The lowest BCUT2D eigenvalue weighted by Gasteiger charge is -2.18. The minimum absolute atomic E-state index is 0.0142. The van der Waals surface area contributed by atoms with Crippen LogP contribution >= 0.6 is 11.5 Å². The van der Waals surface area contributed by atoms with E-state index in [2.05, 4.69) is 19.3 Å². The van der Waals surface area contributed by atoms with Crippen molar-refractivity contribution < 1.29 is 18.3 Å². The quantitative estimate of drug-likeness (QED) is 0.512. The maximum Gasteiger partial charge on any atom is 0.417 e. The van der Waals surface area contributed by atoms with Crippen molar-refractivity contribution in [1.29, 1.82) is 0 Å². The molecule has 0 aliphatic rings. The van der Waals surface area contributed by atoms with E-state index in [0.717, 1.165) is 12.3 Å². The topological polar surface area (TPSA) is 93.8 Å². The summed E-state index contributed by atoms with van der Waals surface area (Å²) in [6, 6.07) is 3.57. The van der Waals surface area contributed by atoms with Gasteiger partial charge in [0.25, 0.3) is 5.56 Å². The Balaban J connectivity index is 1.94. The van der Waals surface area contributed by atoms with Gasteiger partial charge in [-0.1, -0.05) is 0 Å². The van der Waals surface area contributed by atoms with Crippen molar-refractivity contribution in [1.82, 2.24) is 23.9 Å². The van der Waals surface area contributed by atoms with Gasteiger partial charge >= 0.3 is 6.18 Å². The second-order valence-corrected chi connectivity index (χ2v) is 8.24. The SMILES string of the molecule is CC(C)(O)Cn1cnc2c(-c3cnsc3)nc(-c3ccc(C(F)(F)F)cn3)cc2c1=O. The molecule has 0 spiro atoms. The second-order valence-electron chi connectivity index (χ2n) is 7.59. The number of halogens is 3. The van der Waals surface area contributed by atoms with Crippen molar-refractivity contribution in [3.05, 3.63) is 58.2 Å². The summed E-state index contributed by atoms with van der Waals surface area (Å²) >= 11 is 1.19. The fourth-order valence-corrected chi connectivity index (χ4v) is 3.58. The molecule has 0 unspecified atom stereocenters. The Bertz CT molecular complexity index is 1290. The maximum absolute atomic E-state index is 13.1. The number of fused-ring (bicyclic) bond motifs is 1. The smallest absolute Gasteiger partial charge is 0.389 e. The Kier molecular flexibility index (Phi) is 5.10. The maximum atomic E-state index is 13.1. The molecule has 4 aromatic rings. The summed E-state index contributed by atoms with van der Waals surface area (Å²) in [5, 5.41) is 12.0. The summed E-state index contributed by atoms with van der Waals surface area (Å²) in [4.78, 5) is 25.9. The molecule has 0 saturated heterocycles. The van der Waals surface area contributed by atoms with Crippen LogP contribution in [0.3, 0.4) is 0 Å². The van der Waals surface area contributed by atoms with Crippen LogP contribution in [-0.4, -0.2) is 34.6 Å². The molecule has 0 saturated carbocycles. The third-order valence-electron chi connectivity index (χ3n) is 4.43. The van der Waals surface area contributed by atoms with Gasteiger partial charge in [-0.05, 0) is 43.6 Å². The van der Waals surface area contributed by atoms with Gasteiger partial charge in [-0.2, -0.15) is 13.2 Å². The van der Waals surface area contributed by atoms with E-state index in [1.165, 1.54) is 34.6 Å². The predicted octanol–water partition coefficient (Wildman–Crippen LogP) is 3.77. The van der Waals surface area contributed by atoms with Crippen LogP contribution in [0.4, 0.5) is 13.2 Å². The summed E-state index contributed by atoms with van der Waals surface area (Å²) < 4.78 is 44.0. The molecule has 0 aliphatic heterocycles. The van der Waals surface area contributed by atoms with Crippen molar-refractivity contribution in [2.24, 2.45) is 0 Å². The highest BCUT2D eigenvalue weighted by atomic mass is 32.1. The molecule has 0 aliphatic carbocycles. The molecular weight excluding hydrogens is 431 g/mol. The zero-order valence-corrected chi connectivity index (χ0v) is 17.2. The molecule has 31 heavy (non-hydrogen) atoms. The van der Waals surface area contributed by atoms with Crippen molar-refractivity contribution in [2.45, 2.75) is 32.2 Å². The van der Waals surface area contributed by atoms with Crippen LogP contribution in [0.25, 0.3) is 33.5 Å². The van der Waals surface area contributed by atoms with E-state index in [9.17, 15) is 23.1 Å². The standard InChI is InChI=1S/C20H16F3N5O2S/c1-19(2,30)9-28-10-25-17-13(18(28)29)5-15(27-16(17)11-6-26-31-8-11)14-4-3-12(7-24-14)20(21,22)23/h3-8,10,30H,9H2,1-2H3. The first-order chi connectivity index (χ1) is 14.5. The first kappa shape index (κ1) is 21.1. The number of alkyl halides is 3. The summed E-state index contributed by atoms with van der Waals surface area (Å²) in [5.41, 5.74) is -0.719. The van der Waals surface area contributed by atoms with E-state index in [4.69, 9.17) is 0 Å². The van der Waals surface area contributed by atoms with Crippen molar-refractivity contribution in [3.8, 4) is 22.6 Å².